The van der Waals surface area contributed by atoms with Crippen LogP contribution in [0.1, 0.15) is 0 Å². The Kier molecular flexibility index (Phi) is 8.16. The van der Waals surface area contributed by atoms with E-state index in [1.54, 1.807) is 12.1 Å². The first kappa shape index (κ1) is 19.2. The summed E-state index contributed by atoms with van der Waals surface area (Å²) in [6.07, 6.45) is 0. The van der Waals surface area contributed by atoms with Crippen LogP contribution in [0, 0.1) is 0 Å². The number of thiol groups is 1. The molecule has 0 amide bonds. The number of carbonyl (C=O) groups is 1. The molecule has 118 valence electrons. The summed E-state index contributed by atoms with van der Waals surface area (Å²) < 4.78 is 0. The van der Waals surface area contributed by atoms with Crippen molar-refractivity contribution in [1.82, 2.24) is 15.0 Å². The molecule has 0 saturated carbocycles. The zero-order chi connectivity index (χ0) is 16.7. The Bertz CT molecular complexity index is 639. The molecule has 1 aromatic heterocycles. The standard InChI is InChI=1S/C9H5Cl3N4.C2H3ClO2S/c10-5-3-1-2-4-6(5)13-9-15-7(11)14-8(12)16-9;3-1(4)2(5)6/h1-4H,(H,13,14,15,16);1,4H,(H,5,6). The van der Waals surface area contributed by atoms with Gasteiger partial charge in [-0.05, 0) is 35.3 Å². The van der Waals surface area contributed by atoms with Gasteiger partial charge >= 0.3 is 0 Å². The van der Waals surface area contributed by atoms with Crippen molar-refractivity contribution in [1.29, 1.82) is 0 Å². The number of hydrogen-bond donors (Lipinski definition) is 3. The Hall–Kier alpha value is -0.830. The van der Waals surface area contributed by atoms with Crippen LogP contribution in [-0.2, 0) is 4.79 Å². The van der Waals surface area contributed by atoms with Crippen molar-refractivity contribution in [3.63, 3.8) is 0 Å². The van der Waals surface area contributed by atoms with E-state index < -0.39 is 10.7 Å². The fourth-order valence-corrected chi connectivity index (χ4v) is 1.61. The number of anilines is 2. The summed E-state index contributed by atoms with van der Waals surface area (Å²) in [4.78, 5) is 21.0. The summed E-state index contributed by atoms with van der Waals surface area (Å²) in [6.45, 7) is 0. The lowest BCUT2D eigenvalue weighted by molar-refractivity contribution is -0.114. The topological polar surface area (TPSA) is 88.0 Å². The van der Waals surface area contributed by atoms with Crippen LogP contribution >= 0.6 is 59.0 Å². The zero-order valence-electron chi connectivity index (χ0n) is 10.5. The van der Waals surface area contributed by atoms with Gasteiger partial charge in [-0.1, -0.05) is 35.3 Å². The minimum absolute atomic E-state index is 0.0227. The van der Waals surface area contributed by atoms with Crippen LogP contribution < -0.4 is 5.32 Å². The summed E-state index contributed by atoms with van der Waals surface area (Å²) in [6, 6.07) is 7.18. The van der Waals surface area contributed by atoms with Gasteiger partial charge in [0.2, 0.25) is 21.6 Å². The number of benzene rings is 1. The smallest absolute Gasteiger partial charge is 0.232 e. The second kappa shape index (κ2) is 9.34. The van der Waals surface area contributed by atoms with Gasteiger partial charge in [0.25, 0.3) is 0 Å². The van der Waals surface area contributed by atoms with Crippen LogP contribution in [0.2, 0.25) is 15.6 Å². The summed E-state index contributed by atoms with van der Waals surface area (Å²) in [5, 5.41) is 10.7. The van der Waals surface area contributed by atoms with Gasteiger partial charge in [0.15, 0.2) is 5.56 Å². The van der Waals surface area contributed by atoms with Gasteiger partial charge in [0.1, 0.15) is 0 Å². The highest BCUT2D eigenvalue weighted by molar-refractivity contribution is 7.96. The maximum atomic E-state index is 9.63. The molecular weight excluding hydrogens is 394 g/mol. The number of aliphatic hydroxyl groups is 1. The summed E-state index contributed by atoms with van der Waals surface area (Å²) in [5.41, 5.74) is -0.782. The molecule has 1 heterocycles. The number of rotatable bonds is 3. The second-order valence-corrected chi connectivity index (χ2v) is 5.41. The third-order valence-corrected chi connectivity index (χ3v) is 3.17. The summed E-state index contributed by atoms with van der Waals surface area (Å²) in [5.74, 6) is 0.248. The number of nitrogens with one attached hydrogen (secondary N) is 1. The van der Waals surface area contributed by atoms with Gasteiger partial charge in [-0.2, -0.15) is 15.0 Å². The largest absolute Gasteiger partial charge is 0.370 e. The maximum absolute atomic E-state index is 9.63. The van der Waals surface area contributed by atoms with Crippen LogP contribution in [0.15, 0.2) is 24.3 Å². The number of hydrogen-bond acceptors (Lipinski definition) is 6. The fourth-order valence-electron chi connectivity index (χ4n) is 1.06. The number of aromatic nitrogens is 3. The van der Waals surface area contributed by atoms with E-state index in [-0.39, 0.29) is 16.5 Å². The molecule has 0 spiro atoms. The van der Waals surface area contributed by atoms with Crippen LogP contribution in [0.4, 0.5) is 11.6 Å². The van der Waals surface area contributed by atoms with E-state index >= 15 is 0 Å². The van der Waals surface area contributed by atoms with Gasteiger partial charge in [0, 0.05) is 0 Å². The molecule has 11 heteroatoms. The molecule has 0 fully saturated rings. The lowest BCUT2D eigenvalue weighted by Gasteiger charge is -2.06. The Labute approximate surface area is 151 Å². The van der Waals surface area contributed by atoms with Gasteiger partial charge < -0.3 is 10.4 Å². The molecule has 1 unspecified atom stereocenters. The number of alkyl halides is 1. The van der Waals surface area contributed by atoms with Gasteiger partial charge in [-0.3, -0.25) is 4.79 Å². The molecule has 0 saturated heterocycles. The minimum Gasteiger partial charge on any atom is -0.370 e. The van der Waals surface area contributed by atoms with Crippen LogP contribution in [0.25, 0.3) is 0 Å². The highest BCUT2D eigenvalue weighted by Crippen LogP contribution is 2.23. The van der Waals surface area contributed by atoms with Crippen LogP contribution in [0.5, 0.6) is 0 Å². The van der Waals surface area contributed by atoms with Crippen molar-refractivity contribution in [3.05, 3.63) is 39.9 Å². The Balaban J connectivity index is 0.000000346. The molecule has 0 radical (unpaired) electrons. The Morgan fingerprint density at radius 1 is 1.14 bits per heavy atom. The molecule has 22 heavy (non-hydrogen) atoms. The van der Waals surface area contributed by atoms with E-state index in [2.05, 4.69) is 32.9 Å². The Morgan fingerprint density at radius 3 is 2.09 bits per heavy atom. The zero-order valence-corrected chi connectivity index (χ0v) is 14.5. The van der Waals surface area contributed by atoms with E-state index in [0.717, 1.165) is 0 Å². The first-order chi connectivity index (χ1) is 10.3. The lowest BCUT2D eigenvalue weighted by atomic mass is 10.3. The van der Waals surface area contributed by atoms with E-state index in [9.17, 15) is 4.79 Å². The molecule has 1 aromatic carbocycles. The summed E-state index contributed by atoms with van der Waals surface area (Å²) >= 11 is 25.1. The van der Waals surface area contributed by atoms with Crippen molar-refractivity contribution in [3.8, 4) is 0 Å². The third-order valence-electron chi connectivity index (χ3n) is 1.90. The monoisotopic (exact) mass is 400 g/mol. The molecule has 0 bridgehead atoms. The number of para-hydroxylation sites is 1. The van der Waals surface area contributed by atoms with Gasteiger partial charge in [-0.25, -0.2) is 0 Å². The Morgan fingerprint density at radius 2 is 1.64 bits per heavy atom. The average Bonchev–Trinajstić information content (AvgIpc) is 2.41. The van der Waals surface area contributed by atoms with Crippen LogP contribution in [-0.4, -0.2) is 30.7 Å². The predicted octanol–water partition coefficient (Wildman–Crippen LogP) is 3.58. The molecule has 6 nitrogen and oxygen atoms in total. The molecule has 0 aliphatic heterocycles. The fraction of sp³-hybridized carbons (Fsp3) is 0.0909. The SMILES string of the molecule is Clc1nc(Cl)nc(Nc2ccccc2Cl)n1.O=C(S)C(O)Cl. The van der Waals surface area contributed by atoms with E-state index in [0.29, 0.717) is 10.7 Å². The quantitative estimate of drug-likeness (QED) is 0.538. The number of carbonyl (C=O) groups excluding carboxylic acids is 1. The van der Waals surface area contributed by atoms with Gasteiger partial charge in [-0.15, -0.1) is 12.6 Å². The highest BCUT2D eigenvalue weighted by Gasteiger charge is 2.05. The third kappa shape index (κ3) is 6.95. The molecule has 0 aliphatic carbocycles. The summed E-state index contributed by atoms with van der Waals surface area (Å²) in [7, 11) is 0. The molecule has 0 aliphatic rings. The van der Waals surface area contributed by atoms with Crippen molar-refractivity contribution >= 4 is 75.8 Å². The number of aliphatic hydroxyl groups excluding tert-OH is 1. The highest BCUT2D eigenvalue weighted by atomic mass is 35.5. The van der Waals surface area contributed by atoms with Gasteiger partial charge in [0.05, 0.1) is 10.7 Å². The number of nitrogens with zero attached hydrogens (tertiary/aromatic N) is 3. The first-order valence-electron chi connectivity index (χ1n) is 5.43. The normalized spacial score (nSPS) is 11.2. The van der Waals surface area contributed by atoms with Crippen molar-refractivity contribution in [2.75, 3.05) is 5.32 Å². The molecule has 2 aromatic rings. The molecule has 2 N–H and O–H groups in total. The molecule has 2 rings (SSSR count). The van der Waals surface area contributed by atoms with E-state index in [1.165, 1.54) is 0 Å². The molecule has 1 atom stereocenters. The first-order valence-corrected chi connectivity index (χ1v) is 7.45. The maximum Gasteiger partial charge on any atom is 0.232 e. The van der Waals surface area contributed by atoms with Crippen LogP contribution in [0.3, 0.4) is 0 Å². The number of halogens is 4. The van der Waals surface area contributed by atoms with E-state index in [1.807, 2.05) is 12.1 Å². The second-order valence-electron chi connectivity index (χ2n) is 3.48. The average molecular weight is 402 g/mol. The van der Waals surface area contributed by atoms with E-state index in [4.69, 9.17) is 51.5 Å². The van der Waals surface area contributed by atoms with Crippen molar-refractivity contribution in [2.24, 2.45) is 0 Å². The van der Waals surface area contributed by atoms with Crippen molar-refractivity contribution < 1.29 is 9.90 Å². The van der Waals surface area contributed by atoms with Crippen molar-refractivity contribution in [2.45, 2.75) is 5.56 Å². The lowest BCUT2D eigenvalue weighted by Crippen LogP contribution is -2.04. The minimum atomic E-state index is -1.45. The molecular formula is C11H8Cl4N4O2S. The predicted molar refractivity (Wildman–Crippen MR) is 90.4 cm³/mol.